The van der Waals surface area contributed by atoms with E-state index in [0.29, 0.717) is 27.8 Å². The van der Waals surface area contributed by atoms with Gasteiger partial charge < -0.3 is 0 Å². The van der Waals surface area contributed by atoms with Crippen molar-refractivity contribution >= 4 is 0 Å². The minimum Gasteiger partial charge on any atom is -0.201 e. The second kappa shape index (κ2) is 28.6. The lowest BCUT2D eigenvalue weighted by Crippen LogP contribution is -2.31. The number of hydrogen-bond acceptors (Lipinski definition) is 0. The van der Waals surface area contributed by atoms with Gasteiger partial charge in [0.25, 0.3) is 0 Å². The lowest BCUT2D eigenvalue weighted by Gasteiger charge is -2.08. The van der Waals surface area contributed by atoms with Crippen molar-refractivity contribution in [3.8, 4) is 56.3 Å². The first-order valence-corrected chi connectivity index (χ1v) is 29.2. The maximum atomic E-state index is 7.58. The second-order valence-electron chi connectivity index (χ2n) is 23.6. The molecule has 0 N–H and O–H groups in total. The van der Waals surface area contributed by atoms with E-state index in [2.05, 4.69) is 198 Å². The maximum absolute atomic E-state index is 7.58. The van der Waals surface area contributed by atoms with Gasteiger partial charge in [-0.3, -0.25) is 0 Å². The fourth-order valence-electron chi connectivity index (χ4n) is 10.5. The summed E-state index contributed by atoms with van der Waals surface area (Å²) in [5.41, 5.74) is 31.4. The van der Waals surface area contributed by atoms with Crippen molar-refractivity contribution in [3.05, 3.63) is 264 Å². The number of nitrogens with zero attached hydrogens (tertiary/aromatic N) is 5. The van der Waals surface area contributed by atoms with Crippen molar-refractivity contribution in [2.24, 2.45) is 35.2 Å². The van der Waals surface area contributed by atoms with Crippen LogP contribution in [-0.2, 0) is 35.2 Å². The second-order valence-corrected chi connectivity index (χ2v) is 23.6. The summed E-state index contributed by atoms with van der Waals surface area (Å²) in [5, 5.41) is 0. The highest BCUT2D eigenvalue weighted by Gasteiger charge is 2.19. The first-order valence-electron chi connectivity index (χ1n) is 35.2. The molecule has 440 valence electrons. The molecular weight excluding hydrogens is 1030 g/mol. The zero-order valence-electron chi connectivity index (χ0n) is 66.7. The molecular formula is C80H100N5+5. The van der Waals surface area contributed by atoms with E-state index in [1.54, 1.807) is 55.3 Å². The van der Waals surface area contributed by atoms with E-state index in [9.17, 15) is 0 Å². The highest BCUT2D eigenvalue weighted by Crippen LogP contribution is 2.28. The fraction of sp³-hybridized carbons (Fsp3) is 0.312. The van der Waals surface area contributed by atoms with E-state index in [1.165, 1.54) is 89.3 Å². The molecule has 5 nitrogen and oxygen atoms in total. The van der Waals surface area contributed by atoms with Crippen LogP contribution in [0.4, 0.5) is 0 Å². The molecule has 5 aromatic carbocycles. The van der Waals surface area contributed by atoms with Crippen molar-refractivity contribution in [1.82, 2.24) is 0 Å². The van der Waals surface area contributed by atoms with Gasteiger partial charge in [0.2, 0.25) is 28.5 Å². The van der Waals surface area contributed by atoms with Crippen LogP contribution in [0, 0.1) is 138 Å². The van der Waals surface area contributed by atoms with Gasteiger partial charge in [0, 0.05) is 102 Å². The molecule has 0 atom stereocenters. The topological polar surface area (TPSA) is 19.4 Å². The van der Waals surface area contributed by atoms with Crippen LogP contribution < -0.4 is 22.8 Å². The smallest absolute Gasteiger partial charge is 0.201 e. The first kappa shape index (κ1) is 50.2. The zero-order valence-corrected chi connectivity index (χ0v) is 54.7. The zero-order chi connectivity index (χ0) is 72.9. The third-order valence-corrected chi connectivity index (χ3v) is 16.3. The summed E-state index contributed by atoms with van der Waals surface area (Å²) in [6.45, 7) is 24.5. The predicted molar refractivity (Wildman–Crippen MR) is 360 cm³/mol. The number of hydrogen-bond donors (Lipinski definition) is 0. The lowest BCUT2D eigenvalue weighted by molar-refractivity contribution is -0.660. The van der Waals surface area contributed by atoms with E-state index in [1.807, 2.05) is 68.3 Å². The quantitative estimate of drug-likeness (QED) is 0.153. The van der Waals surface area contributed by atoms with Crippen LogP contribution >= 0.6 is 0 Å². The van der Waals surface area contributed by atoms with Crippen LogP contribution in [0.15, 0.2) is 152 Å². The van der Waals surface area contributed by atoms with Gasteiger partial charge in [-0.15, -0.1) is 0 Å². The number of pyridine rings is 5. The molecule has 0 unspecified atom stereocenters. The summed E-state index contributed by atoms with van der Waals surface area (Å²) >= 11 is 0. The van der Waals surface area contributed by atoms with Gasteiger partial charge >= 0.3 is 0 Å². The van der Waals surface area contributed by atoms with Gasteiger partial charge in [-0.2, -0.15) is 0 Å². The Balaban J connectivity index is 0.000000192. The van der Waals surface area contributed by atoms with Gasteiger partial charge in [-0.1, -0.05) is 82.9 Å². The Bertz CT molecular complexity index is 4460. The van der Waals surface area contributed by atoms with Crippen LogP contribution in [0.5, 0.6) is 0 Å². The van der Waals surface area contributed by atoms with E-state index in [0.717, 1.165) is 50.5 Å². The summed E-state index contributed by atoms with van der Waals surface area (Å²) in [6, 6.07) is 41.1. The Morgan fingerprint density at radius 1 is 0.224 bits per heavy atom. The molecule has 5 heteroatoms. The van der Waals surface area contributed by atoms with Gasteiger partial charge in [-0.05, 0) is 230 Å². The minimum atomic E-state index is -2.15. The molecule has 0 saturated heterocycles. The molecule has 0 fully saturated rings. The van der Waals surface area contributed by atoms with Crippen molar-refractivity contribution in [2.45, 2.75) is 138 Å². The van der Waals surface area contributed by atoms with Crippen LogP contribution in [-0.4, -0.2) is 0 Å². The highest BCUT2D eigenvalue weighted by atomic mass is 14.9. The molecule has 0 bridgehead atoms. The number of rotatable bonds is 5. The average Bonchev–Trinajstić information content (AvgIpc) is 0.806. The van der Waals surface area contributed by atoms with Crippen molar-refractivity contribution < 1.29 is 39.3 Å². The molecule has 0 aliphatic carbocycles. The molecule has 0 aliphatic heterocycles. The van der Waals surface area contributed by atoms with Crippen molar-refractivity contribution in [2.75, 3.05) is 0 Å². The Hall–Kier alpha value is -8.15. The molecule has 10 rings (SSSR count). The third kappa shape index (κ3) is 16.6. The molecule has 0 saturated carbocycles. The summed E-state index contributed by atoms with van der Waals surface area (Å²) in [4.78, 5) is 0. The van der Waals surface area contributed by atoms with Crippen LogP contribution in [0.3, 0.4) is 0 Å². The van der Waals surface area contributed by atoms with Crippen LogP contribution in [0.25, 0.3) is 56.3 Å². The maximum Gasteiger partial charge on any atom is 0.212 e. The van der Waals surface area contributed by atoms with Crippen molar-refractivity contribution in [3.63, 3.8) is 0 Å². The van der Waals surface area contributed by atoms with Gasteiger partial charge in [-0.25, -0.2) is 22.8 Å². The summed E-state index contributed by atoms with van der Waals surface area (Å²) in [6.07, 6.45) is 9.46. The average molecular weight is 1140 g/mol. The number of aryl methyl sites for hydroxylation is 24. The first-order chi connectivity index (χ1) is 44.8. The molecule has 5 heterocycles. The van der Waals surface area contributed by atoms with Crippen LogP contribution in [0.2, 0.25) is 0 Å². The summed E-state index contributed by atoms with van der Waals surface area (Å²) < 4.78 is 101. The highest BCUT2D eigenvalue weighted by molar-refractivity contribution is 5.66. The minimum absolute atomic E-state index is 0.303. The lowest BCUT2D eigenvalue weighted by atomic mass is 9.99. The number of aromatic nitrogens is 5. The van der Waals surface area contributed by atoms with E-state index in [-0.39, 0.29) is 0 Å². The molecule has 0 spiro atoms. The molecule has 0 aliphatic rings. The summed E-state index contributed by atoms with van der Waals surface area (Å²) in [5.74, 6) is 0. The molecule has 0 amide bonds. The van der Waals surface area contributed by atoms with Gasteiger partial charge in [0.1, 0.15) is 35.2 Å². The number of benzene rings is 5. The van der Waals surface area contributed by atoms with E-state index < -0.39 is 27.4 Å². The standard InChI is InChI=1S/5C16H20N/c2*1-11-6-7-15(13(3)8-11)16-9-12(2)14(4)10-17(16)5;2*1-11-6-7-12(2)15(8-11)16-9-13(3)14(4)10-17(16)5;1-11-7-6-8-15(14(11)4)16-9-12(2)13(3)10-17(16)5/h5*6-10H,1-5H3/q5*+1/i1D3,4D3;;4D3;;3D3. The van der Waals surface area contributed by atoms with Crippen molar-refractivity contribution in [1.29, 1.82) is 0 Å². The molecule has 0 radical (unpaired) electrons. The Labute approximate surface area is 530 Å². The Kier molecular flexibility index (Phi) is 16.9. The Morgan fingerprint density at radius 2 is 0.529 bits per heavy atom. The largest absolute Gasteiger partial charge is 0.212 e. The monoisotopic (exact) mass is 1140 g/mol. The fourth-order valence-corrected chi connectivity index (χ4v) is 10.5. The Morgan fingerprint density at radius 3 is 0.894 bits per heavy atom. The molecule has 10 aromatic rings. The normalized spacial score (nSPS) is 13.3. The van der Waals surface area contributed by atoms with E-state index in [4.69, 9.17) is 16.4 Å². The molecule has 5 aromatic heterocycles. The van der Waals surface area contributed by atoms with Crippen LogP contribution in [0.1, 0.15) is 128 Å². The van der Waals surface area contributed by atoms with Gasteiger partial charge in [0.15, 0.2) is 31.0 Å². The summed E-state index contributed by atoms with van der Waals surface area (Å²) in [7, 11) is 9.81. The van der Waals surface area contributed by atoms with E-state index >= 15 is 0 Å². The predicted octanol–water partition coefficient (Wildman–Crippen LogP) is 17.1. The third-order valence-electron chi connectivity index (χ3n) is 16.3. The molecule has 85 heavy (non-hydrogen) atoms. The SMILES string of the molecule is Cc1ccc(-c2cc(C)c(C)c[n+]2C)c(C)c1.Cc1ccc(C)c(-c2cc(C)c(C)c[n+]2C)c1.[2H]C([2H])([2H])c1c[n+](C)c(-c2cc(C)ccc2C)cc1C.[2H]C([2H])([2H])c1c[n+](C)c(-c2cccc(C)c2C)cc1C.[2H]C([2H])([2H])c1ccc(-c2cc(C)c(C([2H])([2H])[2H])c[n+]2C)c(C)c1. The van der Waals surface area contributed by atoms with Gasteiger partial charge in [0.05, 0.1) is 0 Å².